The van der Waals surface area contributed by atoms with Crippen molar-refractivity contribution in [2.24, 2.45) is 0 Å². The Labute approximate surface area is 105 Å². The van der Waals surface area contributed by atoms with Gasteiger partial charge in [0.15, 0.2) is 0 Å². The van der Waals surface area contributed by atoms with Gasteiger partial charge in [-0.2, -0.15) is 0 Å². The summed E-state index contributed by atoms with van der Waals surface area (Å²) in [6, 6.07) is 0. The molecule has 0 atom stereocenters. The van der Waals surface area contributed by atoms with Gasteiger partial charge in [0, 0.05) is 17.7 Å². The number of hydrogen-bond donors (Lipinski definition) is 1. The molecule has 18 heavy (non-hydrogen) atoms. The van der Waals surface area contributed by atoms with E-state index >= 15 is 0 Å². The van der Waals surface area contributed by atoms with Gasteiger partial charge in [-0.25, -0.2) is 14.4 Å². The van der Waals surface area contributed by atoms with Crippen LogP contribution in [-0.4, -0.2) is 36.2 Å². The average Bonchev–Trinajstić information content (AvgIpc) is 2.30. The molecule has 0 aromatic rings. The number of rotatable bonds is 8. The maximum absolute atomic E-state index is 11.0. The monoisotopic (exact) mass is 256 g/mol. The van der Waals surface area contributed by atoms with Gasteiger partial charge in [-0.1, -0.05) is 6.58 Å². The molecule has 0 rings (SSSR count). The molecule has 0 radical (unpaired) electrons. The third-order valence-electron chi connectivity index (χ3n) is 1.73. The van der Waals surface area contributed by atoms with Crippen molar-refractivity contribution in [3.05, 3.63) is 24.3 Å². The fraction of sp³-hybridized carbons (Fsp3) is 0.417. The molecule has 0 saturated heterocycles. The maximum Gasteiger partial charge on any atom is 0.333 e. The highest BCUT2D eigenvalue weighted by molar-refractivity contribution is 5.90. The number of carbonyl (C=O) groups is 3. The molecule has 1 N–H and O–H groups in total. The minimum Gasteiger partial charge on any atom is -0.478 e. The van der Waals surface area contributed by atoms with E-state index < -0.39 is 17.9 Å². The van der Waals surface area contributed by atoms with Gasteiger partial charge in [0.2, 0.25) is 0 Å². The first-order chi connectivity index (χ1) is 8.43. The van der Waals surface area contributed by atoms with Crippen molar-refractivity contribution >= 4 is 17.9 Å². The predicted octanol–water partition coefficient (Wildman–Crippen LogP) is 1.07. The van der Waals surface area contributed by atoms with Crippen LogP contribution in [0.5, 0.6) is 0 Å². The summed E-state index contributed by atoms with van der Waals surface area (Å²) in [5.74, 6) is -2.37. The Hall–Kier alpha value is -2.11. The van der Waals surface area contributed by atoms with E-state index in [0.29, 0.717) is 24.5 Å². The minimum absolute atomic E-state index is 0.146. The zero-order valence-electron chi connectivity index (χ0n) is 10.2. The second-order valence-corrected chi connectivity index (χ2v) is 3.46. The standard InChI is InChI=1S/C12H16O6/c1-9(2)12(16)18-8-4-3-7-17-11(15)6-5-10(13)14/h5-6H,1,3-4,7-8H2,2H3,(H,13,14). The average molecular weight is 256 g/mol. The summed E-state index contributed by atoms with van der Waals surface area (Å²) in [4.78, 5) is 32.0. The lowest BCUT2D eigenvalue weighted by molar-refractivity contribution is -0.141. The van der Waals surface area contributed by atoms with E-state index in [9.17, 15) is 14.4 Å². The van der Waals surface area contributed by atoms with Crippen molar-refractivity contribution in [3.8, 4) is 0 Å². The highest BCUT2D eigenvalue weighted by Gasteiger charge is 2.02. The van der Waals surface area contributed by atoms with Gasteiger partial charge >= 0.3 is 17.9 Å². The van der Waals surface area contributed by atoms with Gasteiger partial charge in [0.05, 0.1) is 13.2 Å². The molecule has 0 aromatic carbocycles. The van der Waals surface area contributed by atoms with Gasteiger partial charge in [-0.05, 0) is 19.8 Å². The quantitative estimate of drug-likeness (QED) is 0.397. The van der Waals surface area contributed by atoms with Gasteiger partial charge in [-0.15, -0.1) is 0 Å². The van der Waals surface area contributed by atoms with Crippen molar-refractivity contribution in [1.29, 1.82) is 0 Å². The maximum atomic E-state index is 11.0. The number of ether oxygens (including phenoxy) is 2. The smallest absolute Gasteiger partial charge is 0.333 e. The van der Waals surface area contributed by atoms with Crippen molar-refractivity contribution in [3.63, 3.8) is 0 Å². The molecule has 0 aliphatic heterocycles. The molecular weight excluding hydrogens is 240 g/mol. The number of esters is 2. The van der Waals surface area contributed by atoms with Crippen LogP contribution >= 0.6 is 0 Å². The molecule has 0 unspecified atom stereocenters. The molecule has 0 fully saturated rings. The Kier molecular flexibility index (Phi) is 7.92. The molecule has 0 aliphatic carbocycles. The number of aliphatic carboxylic acids is 1. The molecule has 0 bridgehead atoms. The zero-order valence-corrected chi connectivity index (χ0v) is 10.2. The minimum atomic E-state index is -1.21. The summed E-state index contributed by atoms with van der Waals surface area (Å²) in [6.45, 7) is 5.36. The van der Waals surface area contributed by atoms with Crippen molar-refractivity contribution in [2.75, 3.05) is 13.2 Å². The summed E-state index contributed by atoms with van der Waals surface area (Å²) in [5, 5.41) is 8.25. The molecule has 0 aliphatic rings. The van der Waals surface area contributed by atoms with Crippen LogP contribution in [0.15, 0.2) is 24.3 Å². The molecule has 100 valence electrons. The number of hydrogen-bond acceptors (Lipinski definition) is 5. The molecule has 0 heterocycles. The second kappa shape index (κ2) is 8.98. The summed E-state index contributed by atoms with van der Waals surface area (Å²) < 4.78 is 9.52. The first-order valence-electron chi connectivity index (χ1n) is 5.34. The zero-order chi connectivity index (χ0) is 14.0. The predicted molar refractivity (Wildman–Crippen MR) is 62.7 cm³/mol. The normalized spacial score (nSPS) is 10.1. The molecule has 0 aromatic heterocycles. The molecule has 6 heteroatoms. The highest BCUT2D eigenvalue weighted by atomic mass is 16.5. The largest absolute Gasteiger partial charge is 0.478 e. The van der Waals surface area contributed by atoms with Crippen LogP contribution < -0.4 is 0 Å². The molecule has 0 amide bonds. The van der Waals surface area contributed by atoms with Crippen molar-refractivity contribution < 1.29 is 29.0 Å². The van der Waals surface area contributed by atoms with E-state index in [1.54, 1.807) is 6.92 Å². The third kappa shape index (κ3) is 9.14. The topological polar surface area (TPSA) is 89.9 Å². The van der Waals surface area contributed by atoms with E-state index in [2.05, 4.69) is 6.58 Å². The Morgan fingerprint density at radius 2 is 1.67 bits per heavy atom. The molecule has 0 saturated carbocycles. The molecule has 0 spiro atoms. The van der Waals surface area contributed by atoms with E-state index in [4.69, 9.17) is 14.6 Å². The highest BCUT2D eigenvalue weighted by Crippen LogP contribution is 1.96. The first kappa shape index (κ1) is 15.9. The van der Waals surface area contributed by atoms with Gasteiger partial charge in [0.25, 0.3) is 0 Å². The van der Waals surface area contributed by atoms with Crippen LogP contribution in [0.1, 0.15) is 19.8 Å². The SMILES string of the molecule is C=C(C)C(=O)OCCCCOC(=O)C=CC(=O)O. The summed E-state index contributed by atoms with van der Waals surface area (Å²) in [5.41, 5.74) is 0.334. The van der Waals surface area contributed by atoms with Crippen LogP contribution in [0.4, 0.5) is 0 Å². The number of unbranched alkanes of at least 4 members (excludes halogenated alkanes) is 1. The second-order valence-electron chi connectivity index (χ2n) is 3.46. The summed E-state index contributed by atoms with van der Waals surface area (Å²) >= 11 is 0. The summed E-state index contributed by atoms with van der Waals surface area (Å²) in [7, 11) is 0. The summed E-state index contributed by atoms with van der Waals surface area (Å²) in [6.07, 6.45) is 2.62. The Morgan fingerprint density at radius 3 is 2.17 bits per heavy atom. The lowest BCUT2D eigenvalue weighted by atomic mass is 10.3. The first-order valence-corrected chi connectivity index (χ1v) is 5.34. The fourth-order valence-electron chi connectivity index (χ4n) is 0.852. The van der Waals surface area contributed by atoms with E-state index in [-0.39, 0.29) is 13.2 Å². The number of carboxylic acid groups (broad SMARTS) is 1. The van der Waals surface area contributed by atoms with Gasteiger partial charge < -0.3 is 14.6 Å². The van der Waals surface area contributed by atoms with Gasteiger partial charge in [0.1, 0.15) is 0 Å². The lowest BCUT2D eigenvalue weighted by Gasteiger charge is -2.04. The van der Waals surface area contributed by atoms with Crippen molar-refractivity contribution in [2.45, 2.75) is 19.8 Å². The number of carboxylic acids is 1. The van der Waals surface area contributed by atoms with Crippen LogP contribution in [-0.2, 0) is 23.9 Å². The van der Waals surface area contributed by atoms with Crippen LogP contribution in [0.2, 0.25) is 0 Å². The third-order valence-corrected chi connectivity index (χ3v) is 1.73. The Morgan fingerprint density at radius 1 is 1.11 bits per heavy atom. The van der Waals surface area contributed by atoms with Crippen LogP contribution in [0, 0.1) is 0 Å². The van der Waals surface area contributed by atoms with E-state index in [1.165, 1.54) is 0 Å². The van der Waals surface area contributed by atoms with Crippen molar-refractivity contribution in [1.82, 2.24) is 0 Å². The lowest BCUT2D eigenvalue weighted by Crippen LogP contribution is -2.08. The number of carbonyl (C=O) groups excluding carboxylic acids is 2. The van der Waals surface area contributed by atoms with Crippen LogP contribution in [0.25, 0.3) is 0 Å². The van der Waals surface area contributed by atoms with E-state index in [0.717, 1.165) is 6.08 Å². The Bertz CT molecular complexity index is 356. The molecular formula is C12H16O6. The van der Waals surface area contributed by atoms with Crippen LogP contribution in [0.3, 0.4) is 0 Å². The van der Waals surface area contributed by atoms with E-state index in [1.807, 2.05) is 0 Å². The molecule has 6 nitrogen and oxygen atoms in total. The Balaban J connectivity index is 3.52. The fourth-order valence-corrected chi connectivity index (χ4v) is 0.852. The van der Waals surface area contributed by atoms with Gasteiger partial charge in [-0.3, -0.25) is 0 Å².